The third-order valence-corrected chi connectivity index (χ3v) is 5.83. The van der Waals surface area contributed by atoms with E-state index >= 15 is 0 Å². The molecule has 1 aromatic rings. The highest BCUT2D eigenvalue weighted by Crippen LogP contribution is 2.35. The molecule has 102 valence electrons. The Hall–Kier alpha value is -0.0300. The van der Waals surface area contributed by atoms with Crippen molar-refractivity contribution in [3.63, 3.8) is 0 Å². The largest absolute Gasteiger partial charge is 0.326 e. The molecular weight excluding hydrogens is 260 g/mol. The van der Waals surface area contributed by atoms with Crippen LogP contribution in [0.2, 0.25) is 0 Å². The molecule has 1 aliphatic rings. The van der Waals surface area contributed by atoms with E-state index in [1.165, 1.54) is 10.4 Å². The SMILES string of the molecule is Cc1ccsc1C(C(C)N)N1CC(C)SC(C)C1. The standard InChI is InChI=1S/C14H24N2S2/c1-9-5-6-17-14(9)13(12(4)15)16-7-10(2)18-11(3)8-16/h5-6,10-13H,7-8,15H2,1-4H3. The zero-order valence-electron chi connectivity index (χ0n) is 11.7. The average molecular weight is 284 g/mol. The molecule has 2 nitrogen and oxygen atoms in total. The smallest absolute Gasteiger partial charge is 0.0594 e. The van der Waals surface area contributed by atoms with Gasteiger partial charge in [0, 0.05) is 34.5 Å². The summed E-state index contributed by atoms with van der Waals surface area (Å²) in [6.07, 6.45) is 0. The van der Waals surface area contributed by atoms with Crippen molar-refractivity contribution in [3.05, 3.63) is 21.9 Å². The van der Waals surface area contributed by atoms with Gasteiger partial charge in [0.2, 0.25) is 0 Å². The quantitative estimate of drug-likeness (QED) is 0.923. The van der Waals surface area contributed by atoms with Crippen LogP contribution >= 0.6 is 23.1 Å². The summed E-state index contributed by atoms with van der Waals surface area (Å²) in [5, 5.41) is 3.59. The van der Waals surface area contributed by atoms with E-state index < -0.39 is 0 Å². The lowest BCUT2D eigenvalue weighted by atomic mass is 10.0. The fourth-order valence-electron chi connectivity index (χ4n) is 2.87. The van der Waals surface area contributed by atoms with Crippen LogP contribution in [0.15, 0.2) is 11.4 Å². The van der Waals surface area contributed by atoms with Gasteiger partial charge in [-0.1, -0.05) is 13.8 Å². The van der Waals surface area contributed by atoms with E-state index in [-0.39, 0.29) is 6.04 Å². The number of nitrogens with zero attached hydrogens (tertiary/aromatic N) is 1. The zero-order chi connectivity index (χ0) is 13.3. The summed E-state index contributed by atoms with van der Waals surface area (Å²) in [7, 11) is 0. The van der Waals surface area contributed by atoms with Crippen molar-refractivity contribution >= 4 is 23.1 Å². The molecule has 0 aromatic carbocycles. The fraction of sp³-hybridized carbons (Fsp3) is 0.714. The van der Waals surface area contributed by atoms with Crippen molar-refractivity contribution in [1.82, 2.24) is 4.90 Å². The number of hydrogen-bond acceptors (Lipinski definition) is 4. The molecule has 0 amide bonds. The monoisotopic (exact) mass is 284 g/mol. The summed E-state index contributed by atoms with van der Waals surface area (Å²) < 4.78 is 0. The second-order valence-corrected chi connectivity index (χ2v) is 8.31. The van der Waals surface area contributed by atoms with E-state index in [9.17, 15) is 0 Å². The molecule has 1 saturated heterocycles. The molecule has 1 aliphatic heterocycles. The molecule has 4 atom stereocenters. The topological polar surface area (TPSA) is 29.3 Å². The highest BCUT2D eigenvalue weighted by atomic mass is 32.2. The van der Waals surface area contributed by atoms with Gasteiger partial charge in [0.15, 0.2) is 0 Å². The predicted molar refractivity (Wildman–Crippen MR) is 83.5 cm³/mol. The minimum atomic E-state index is 0.185. The van der Waals surface area contributed by atoms with E-state index in [0.29, 0.717) is 16.5 Å². The Kier molecular flexibility index (Phi) is 4.75. The van der Waals surface area contributed by atoms with Crippen molar-refractivity contribution in [1.29, 1.82) is 0 Å². The summed E-state index contributed by atoms with van der Waals surface area (Å²) in [5.41, 5.74) is 7.67. The van der Waals surface area contributed by atoms with Gasteiger partial charge in [-0.05, 0) is 30.9 Å². The molecule has 4 heteroatoms. The Bertz CT molecular complexity index is 379. The van der Waals surface area contributed by atoms with Gasteiger partial charge in [-0.25, -0.2) is 0 Å². The van der Waals surface area contributed by atoms with Crippen LogP contribution in [-0.2, 0) is 0 Å². The number of aryl methyl sites for hydroxylation is 1. The van der Waals surface area contributed by atoms with Crippen LogP contribution in [0.25, 0.3) is 0 Å². The number of thiophene rings is 1. The van der Waals surface area contributed by atoms with E-state index in [4.69, 9.17) is 5.73 Å². The zero-order valence-corrected chi connectivity index (χ0v) is 13.4. The minimum Gasteiger partial charge on any atom is -0.326 e. The third kappa shape index (κ3) is 3.10. The minimum absolute atomic E-state index is 0.185. The molecule has 1 aromatic heterocycles. The lowest BCUT2D eigenvalue weighted by Crippen LogP contribution is -2.47. The summed E-state index contributed by atoms with van der Waals surface area (Å²) in [5.74, 6) is 0. The molecule has 2 rings (SSSR count). The molecule has 0 saturated carbocycles. The Morgan fingerprint density at radius 2 is 1.94 bits per heavy atom. The highest BCUT2D eigenvalue weighted by Gasteiger charge is 2.32. The van der Waals surface area contributed by atoms with Gasteiger partial charge < -0.3 is 5.73 Å². The van der Waals surface area contributed by atoms with Crippen molar-refractivity contribution in [2.24, 2.45) is 5.73 Å². The van der Waals surface area contributed by atoms with Crippen molar-refractivity contribution in [2.75, 3.05) is 13.1 Å². The first kappa shape index (κ1) is 14.4. The van der Waals surface area contributed by atoms with Crippen LogP contribution in [0.4, 0.5) is 0 Å². The van der Waals surface area contributed by atoms with Gasteiger partial charge in [0.1, 0.15) is 0 Å². The highest BCUT2D eigenvalue weighted by molar-refractivity contribution is 8.00. The first-order valence-electron chi connectivity index (χ1n) is 6.68. The van der Waals surface area contributed by atoms with Gasteiger partial charge in [-0.3, -0.25) is 4.90 Å². The number of nitrogens with two attached hydrogens (primary N) is 1. The maximum Gasteiger partial charge on any atom is 0.0594 e. The second-order valence-electron chi connectivity index (χ2n) is 5.48. The summed E-state index contributed by atoms with van der Waals surface area (Å²) >= 11 is 3.95. The van der Waals surface area contributed by atoms with Crippen molar-refractivity contribution in [3.8, 4) is 0 Å². The molecule has 18 heavy (non-hydrogen) atoms. The number of rotatable bonds is 3. The van der Waals surface area contributed by atoms with Crippen LogP contribution in [-0.4, -0.2) is 34.5 Å². The average Bonchev–Trinajstić information content (AvgIpc) is 2.63. The van der Waals surface area contributed by atoms with Crippen LogP contribution in [0.3, 0.4) is 0 Å². The van der Waals surface area contributed by atoms with Crippen LogP contribution in [0.5, 0.6) is 0 Å². The van der Waals surface area contributed by atoms with E-state index in [1.54, 1.807) is 0 Å². The summed E-state index contributed by atoms with van der Waals surface area (Å²) in [6, 6.07) is 2.78. The normalized spacial score (nSPS) is 29.2. The van der Waals surface area contributed by atoms with Crippen molar-refractivity contribution < 1.29 is 0 Å². The van der Waals surface area contributed by atoms with Crippen LogP contribution < -0.4 is 5.73 Å². The van der Waals surface area contributed by atoms with E-state index in [2.05, 4.69) is 55.8 Å². The lowest BCUT2D eigenvalue weighted by molar-refractivity contribution is 0.176. The number of thioether (sulfide) groups is 1. The summed E-state index contributed by atoms with van der Waals surface area (Å²) in [4.78, 5) is 4.05. The van der Waals surface area contributed by atoms with Gasteiger partial charge in [0.05, 0.1) is 6.04 Å². The van der Waals surface area contributed by atoms with Gasteiger partial charge in [-0.15, -0.1) is 11.3 Å². The maximum absolute atomic E-state index is 6.28. The third-order valence-electron chi connectivity index (χ3n) is 3.51. The Balaban J connectivity index is 2.23. The molecular formula is C14H24N2S2. The van der Waals surface area contributed by atoms with Gasteiger partial charge in [0.25, 0.3) is 0 Å². The molecule has 0 aliphatic carbocycles. The first-order chi connectivity index (χ1) is 8.49. The van der Waals surface area contributed by atoms with Crippen LogP contribution in [0, 0.1) is 6.92 Å². The molecule has 0 bridgehead atoms. The molecule has 1 fully saturated rings. The molecule has 2 N–H and O–H groups in total. The maximum atomic E-state index is 6.28. The second kappa shape index (κ2) is 5.95. The van der Waals surface area contributed by atoms with Gasteiger partial charge in [-0.2, -0.15) is 11.8 Å². The number of hydrogen-bond donors (Lipinski definition) is 1. The predicted octanol–water partition coefficient (Wildman–Crippen LogP) is 3.27. The molecule has 2 heterocycles. The molecule has 4 unspecified atom stereocenters. The lowest BCUT2D eigenvalue weighted by Gasteiger charge is -2.41. The van der Waals surface area contributed by atoms with Gasteiger partial charge >= 0.3 is 0 Å². The molecule has 0 radical (unpaired) electrons. The Labute approximate surface area is 119 Å². The Morgan fingerprint density at radius 1 is 1.33 bits per heavy atom. The fourth-order valence-corrected chi connectivity index (χ4v) is 5.39. The van der Waals surface area contributed by atoms with E-state index in [0.717, 1.165) is 13.1 Å². The van der Waals surface area contributed by atoms with Crippen molar-refractivity contribution in [2.45, 2.75) is 50.3 Å². The molecule has 0 spiro atoms. The van der Waals surface area contributed by atoms with Crippen LogP contribution in [0.1, 0.15) is 37.3 Å². The first-order valence-corrected chi connectivity index (χ1v) is 8.50. The Morgan fingerprint density at radius 3 is 2.39 bits per heavy atom. The van der Waals surface area contributed by atoms with E-state index in [1.807, 2.05) is 11.3 Å². The summed E-state index contributed by atoms with van der Waals surface area (Å²) in [6.45, 7) is 11.3.